The third-order valence-electron chi connectivity index (χ3n) is 6.60. The fourth-order valence-electron chi connectivity index (χ4n) is 4.76. The van der Waals surface area contributed by atoms with Gasteiger partial charge in [0.1, 0.15) is 11.5 Å². The number of morpholine rings is 1. The van der Waals surface area contributed by atoms with Gasteiger partial charge in [-0.1, -0.05) is 48.5 Å². The summed E-state index contributed by atoms with van der Waals surface area (Å²) in [6.07, 6.45) is 4.20. The van der Waals surface area contributed by atoms with Gasteiger partial charge >= 0.3 is 0 Å². The highest BCUT2D eigenvalue weighted by molar-refractivity contribution is 6.01. The zero-order chi connectivity index (χ0) is 24.3. The number of amides is 1. The third-order valence-corrected chi connectivity index (χ3v) is 6.60. The molecule has 1 unspecified atom stereocenters. The maximum atomic E-state index is 13.6. The molecule has 4 heterocycles. The second kappa shape index (κ2) is 9.93. The molecule has 0 bridgehead atoms. The average molecular weight is 482 g/mol. The number of hydrazone groups is 1. The Bertz CT molecular complexity index is 1340. The van der Waals surface area contributed by atoms with Gasteiger partial charge in [0.05, 0.1) is 43.4 Å². The van der Waals surface area contributed by atoms with Crippen LogP contribution in [0.3, 0.4) is 0 Å². The van der Waals surface area contributed by atoms with Crippen LogP contribution in [-0.4, -0.2) is 64.2 Å². The van der Waals surface area contributed by atoms with Gasteiger partial charge in [-0.05, 0) is 24.3 Å². The molecule has 0 spiro atoms. The normalized spacial score (nSPS) is 18.4. The van der Waals surface area contributed by atoms with Crippen LogP contribution < -0.4 is 0 Å². The van der Waals surface area contributed by atoms with E-state index < -0.39 is 0 Å². The zero-order valence-corrected chi connectivity index (χ0v) is 19.9. The Kier molecular flexibility index (Phi) is 6.19. The molecule has 1 atom stereocenters. The minimum absolute atomic E-state index is 0.0464. The van der Waals surface area contributed by atoms with E-state index in [4.69, 9.17) is 19.4 Å². The van der Waals surface area contributed by atoms with Crippen molar-refractivity contribution in [2.24, 2.45) is 5.10 Å². The Labute approximate surface area is 209 Å². The molecule has 182 valence electrons. The first kappa shape index (κ1) is 22.5. The van der Waals surface area contributed by atoms with Crippen LogP contribution in [0.25, 0.3) is 16.9 Å². The van der Waals surface area contributed by atoms with Gasteiger partial charge in [-0.3, -0.25) is 9.69 Å². The van der Waals surface area contributed by atoms with Crippen LogP contribution in [0.2, 0.25) is 0 Å². The van der Waals surface area contributed by atoms with Crippen molar-refractivity contribution in [3.63, 3.8) is 0 Å². The minimum Gasteiger partial charge on any atom is -0.463 e. The first-order chi connectivity index (χ1) is 17.8. The van der Waals surface area contributed by atoms with Gasteiger partial charge in [0.2, 0.25) is 0 Å². The molecule has 0 aliphatic carbocycles. The molecular weight excluding hydrogens is 454 g/mol. The van der Waals surface area contributed by atoms with Crippen LogP contribution in [0.15, 0.2) is 94.8 Å². The molecule has 1 saturated heterocycles. The van der Waals surface area contributed by atoms with Crippen LogP contribution in [0, 0.1) is 0 Å². The van der Waals surface area contributed by atoms with E-state index in [1.165, 1.54) is 0 Å². The number of para-hydroxylation sites is 1. The molecule has 2 aliphatic heterocycles. The first-order valence-corrected chi connectivity index (χ1v) is 12.2. The summed E-state index contributed by atoms with van der Waals surface area (Å²) < 4.78 is 13.0. The van der Waals surface area contributed by atoms with Crippen LogP contribution in [0.4, 0.5) is 0 Å². The van der Waals surface area contributed by atoms with E-state index in [1.807, 2.05) is 83.7 Å². The van der Waals surface area contributed by atoms with Crippen molar-refractivity contribution in [2.75, 3.05) is 32.8 Å². The topological polar surface area (TPSA) is 76.1 Å². The molecule has 0 radical (unpaired) electrons. The zero-order valence-electron chi connectivity index (χ0n) is 19.9. The summed E-state index contributed by atoms with van der Waals surface area (Å²) in [5.41, 5.74) is 4.49. The van der Waals surface area contributed by atoms with Crippen molar-refractivity contribution in [3.8, 4) is 16.9 Å². The number of aromatic nitrogens is 2. The van der Waals surface area contributed by atoms with Crippen molar-refractivity contribution in [2.45, 2.75) is 12.5 Å². The SMILES string of the molecule is O=C(CN1CCOCC1)N1N=C(c2ccco2)CC1c1cn(-c2ccccc2)nc1-c1ccccc1. The van der Waals surface area contributed by atoms with Gasteiger partial charge in [-0.25, -0.2) is 9.69 Å². The van der Waals surface area contributed by atoms with Crippen LogP contribution in [0.1, 0.15) is 23.8 Å². The maximum Gasteiger partial charge on any atom is 0.257 e. The van der Waals surface area contributed by atoms with Gasteiger partial charge in [0.25, 0.3) is 5.91 Å². The molecule has 2 aromatic heterocycles. The lowest BCUT2D eigenvalue weighted by atomic mass is 9.98. The van der Waals surface area contributed by atoms with Gasteiger partial charge in [-0.2, -0.15) is 10.2 Å². The predicted octanol–water partition coefficient (Wildman–Crippen LogP) is 4.14. The number of benzene rings is 2. The molecule has 1 amide bonds. The first-order valence-electron chi connectivity index (χ1n) is 12.2. The Morgan fingerprint density at radius 2 is 1.69 bits per heavy atom. The maximum absolute atomic E-state index is 13.6. The van der Waals surface area contributed by atoms with Crippen molar-refractivity contribution in [3.05, 3.63) is 96.6 Å². The molecule has 4 aromatic rings. The number of hydrogen-bond acceptors (Lipinski definition) is 6. The predicted molar refractivity (Wildman–Crippen MR) is 136 cm³/mol. The smallest absolute Gasteiger partial charge is 0.257 e. The summed E-state index contributed by atoms with van der Waals surface area (Å²) in [6.45, 7) is 3.04. The minimum atomic E-state index is -0.300. The van der Waals surface area contributed by atoms with Crippen LogP contribution in [0.5, 0.6) is 0 Å². The Balaban J connectivity index is 1.40. The highest BCUT2D eigenvalue weighted by atomic mass is 16.5. The summed E-state index contributed by atoms with van der Waals surface area (Å²) in [5.74, 6) is 0.633. The van der Waals surface area contributed by atoms with Crippen molar-refractivity contribution in [1.29, 1.82) is 0 Å². The molecule has 1 fully saturated rings. The number of ether oxygens (including phenoxy) is 1. The van der Waals surface area contributed by atoms with Crippen molar-refractivity contribution in [1.82, 2.24) is 19.7 Å². The molecular formula is C28H27N5O3. The molecule has 8 nitrogen and oxygen atoms in total. The number of rotatable bonds is 6. The van der Waals surface area contributed by atoms with Crippen molar-refractivity contribution < 1.29 is 13.9 Å². The number of hydrogen-bond donors (Lipinski definition) is 0. The molecule has 36 heavy (non-hydrogen) atoms. The monoisotopic (exact) mass is 481 g/mol. The molecule has 6 rings (SSSR count). The lowest BCUT2D eigenvalue weighted by Gasteiger charge is -2.29. The molecule has 2 aliphatic rings. The van der Waals surface area contributed by atoms with Gasteiger partial charge in [-0.15, -0.1) is 0 Å². The van der Waals surface area contributed by atoms with Crippen LogP contribution in [-0.2, 0) is 9.53 Å². The van der Waals surface area contributed by atoms with E-state index in [9.17, 15) is 4.79 Å². The quantitative estimate of drug-likeness (QED) is 0.414. The summed E-state index contributed by atoms with van der Waals surface area (Å²) in [5, 5.41) is 11.4. The van der Waals surface area contributed by atoms with Gasteiger partial charge in [0.15, 0.2) is 0 Å². The number of nitrogens with zero attached hydrogens (tertiary/aromatic N) is 5. The second-order valence-electron chi connectivity index (χ2n) is 8.95. The van der Waals surface area contributed by atoms with Gasteiger partial charge in [0, 0.05) is 36.8 Å². The lowest BCUT2D eigenvalue weighted by Crippen LogP contribution is -2.43. The summed E-state index contributed by atoms with van der Waals surface area (Å²) in [7, 11) is 0. The van der Waals surface area contributed by atoms with Crippen LogP contribution >= 0.6 is 0 Å². The standard InChI is InChI=1S/C28H27N5O3/c34-27(20-31-13-16-35-17-14-31)33-25(18-24(29-33)26-12-7-15-36-26)23-19-32(22-10-5-2-6-11-22)30-28(23)21-8-3-1-4-9-21/h1-12,15,19,25H,13-14,16-18,20H2. The lowest BCUT2D eigenvalue weighted by molar-refractivity contribution is -0.135. The highest BCUT2D eigenvalue weighted by Gasteiger charge is 2.37. The number of carbonyl (C=O) groups excluding carboxylic acids is 1. The fourth-order valence-corrected chi connectivity index (χ4v) is 4.76. The number of carbonyl (C=O) groups is 1. The van der Waals surface area contributed by atoms with Gasteiger partial charge < -0.3 is 9.15 Å². The molecule has 2 aromatic carbocycles. The number of furan rings is 1. The second-order valence-corrected chi connectivity index (χ2v) is 8.95. The largest absolute Gasteiger partial charge is 0.463 e. The molecule has 0 saturated carbocycles. The summed E-state index contributed by atoms with van der Waals surface area (Å²) in [6, 6.07) is 23.5. The highest BCUT2D eigenvalue weighted by Crippen LogP contribution is 2.38. The third kappa shape index (κ3) is 4.48. The van der Waals surface area contributed by atoms with E-state index in [1.54, 1.807) is 11.3 Å². The van der Waals surface area contributed by atoms with Crippen molar-refractivity contribution >= 4 is 11.6 Å². The summed E-state index contributed by atoms with van der Waals surface area (Å²) in [4.78, 5) is 15.7. The molecule has 0 N–H and O–H groups in total. The average Bonchev–Trinajstić information content (AvgIpc) is 3.70. The van der Waals surface area contributed by atoms with E-state index in [-0.39, 0.29) is 11.9 Å². The van der Waals surface area contributed by atoms with E-state index in [0.717, 1.165) is 41.3 Å². The summed E-state index contributed by atoms with van der Waals surface area (Å²) >= 11 is 0. The van der Waals surface area contributed by atoms with E-state index in [0.29, 0.717) is 31.9 Å². The fraction of sp³-hybridized carbons (Fsp3) is 0.250. The molecule has 8 heteroatoms. The Hall–Kier alpha value is -4.01. The Morgan fingerprint density at radius 1 is 0.944 bits per heavy atom. The Morgan fingerprint density at radius 3 is 2.42 bits per heavy atom. The van der Waals surface area contributed by atoms with E-state index >= 15 is 0 Å². The van der Waals surface area contributed by atoms with E-state index in [2.05, 4.69) is 4.90 Å².